The normalized spacial score (nSPS) is 10.3. The number of carbonyl (C=O) groups excluding carboxylic acids is 2. The van der Waals surface area contributed by atoms with Crippen LogP contribution in [-0.2, 0) is 6.54 Å². The van der Waals surface area contributed by atoms with E-state index in [2.05, 4.69) is 20.6 Å². The molecule has 2 heterocycles. The smallest absolute Gasteiger partial charge is 0.274 e. The molecule has 27 heavy (non-hydrogen) atoms. The van der Waals surface area contributed by atoms with Crippen molar-refractivity contribution in [2.24, 2.45) is 0 Å². The van der Waals surface area contributed by atoms with Crippen LogP contribution in [-0.4, -0.2) is 21.8 Å². The van der Waals surface area contributed by atoms with Gasteiger partial charge in [0, 0.05) is 24.6 Å². The van der Waals surface area contributed by atoms with Crippen molar-refractivity contribution in [3.05, 3.63) is 89.0 Å². The molecule has 3 aromatic rings. The van der Waals surface area contributed by atoms with Gasteiger partial charge in [-0.1, -0.05) is 18.2 Å². The van der Waals surface area contributed by atoms with Crippen LogP contribution in [0.5, 0.6) is 0 Å². The minimum absolute atomic E-state index is 0.187. The lowest BCUT2D eigenvalue weighted by molar-refractivity contribution is 0.0945. The third kappa shape index (κ3) is 4.76. The Labute approximate surface area is 157 Å². The van der Waals surface area contributed by atoms with E-state index in [1.807, 2.05) is 44.2 Å². The predicted octanol–water partition coefficient (Wildman–Crippen LogP) is 3.28. The first-order valence-corrected chi connectivity index (χ1v) is 8.56. The second-order valence-corrected chi connectivity index (χ2v) is 6.22. The van der Waals surface area contributed by atoms with Gasteiger partial charge in [0.1, 0.15) is 11.4 Å². The standard InChI is InChI=1S/C21H20N4O2/c1-14-6-7-15(2)19(12-14)25-21(27)18-5-3-4-17(24-18)20(26)23-13-16-8-10-22-11-9-16/h3-12H,13H2,1-2H3,(H,23,26)(H,25,27). The zero-order valence-electron chi connectivity index (χ0n) is 15.2. The topological polar surface area (TPSA) is 84.0 Å². The van der Waals surface area contributed by atoms with Gasteiger partial charge in [-0.25, -0.2) is 4.98 Å². The summed E-state index contributed by atoms with van der Waals surface area (Å²) in [5.74, 6) is -0.694. The highest BCUT2D eigenvalue weighted by atomic mass is 16.2. The molecule has 3 rings (SSSR count). The number of amides is 2. The number of nitrogens with one attached hydrogen (secondary N) is 2. The van der Waals surface area contributed by atoms with Crippen molar-refractivity contribution in [1.29, 1.82) is 0 Å². The largest absolute Gasteiger partial charge is 0.347 e. The van der Waals surface area contributed by atoms with E-state index in [4.69, 9.17) is 0 Å². The van der Waals surface area contributed by atoms with Crippen molar-refractivity contribution in [1.82, 2.24) is 15.3 Å². The zero-order chi connectivity index (χ0) is 19.2. The molecule has 0 saturated heterocycles. The number of carbonyl (C=O) groups is 2. The van der Waals surface area contributed by atoms with E-state index < -0.39 is 0 Å². The van der Waals surface area contributed by atoms with Crippen molar-refractivity contribution in [2.45, 2.75) is 20.4 Å². The molecular weight excluding hydrogens is 340 g/mol. The van der Waals surface area contributed by atoms with Crippen LogP contribution in [0.1, 0.15) is 37.7 Å². The van der Waals surface area contributed by atoms with E-state index in [0.29, 0.717) is 6.54 Å². The van der Waals surface area contributed by atoms with Crippen molar-refractivity contribution in [2.75, 3.05) is 5.32 Å². The molecule has 6 heteroatoms. The van der Waals surface area contributed by atoms with Crippen molar-refractivity contribution >= 4 is 17.5 Å². The zero-order valence-corrected chi connectivity index (χ0v) is 15.2. The van der Waals surface area contributed by atoms with Crippen LogP contribution in [0.4, 0.5) is 5.69 Å². The third-order valence-electron chi connectivity index (χ3n) is 4.06. The number of benzene rings is 1. The van der Waals surface area contributed by atoms with Crippen LogP contribution in [0.25, 0.3) is 0 Å². The molecule has 136 valence electrons. The first-order valence-electron chi connectivity index (χ1n) is 8.56. The monoisotopic (exact) mass is 360 g/mol. The quantitative estimate of drug-likeness (QED) is 0.731. The summed E-state index contributed by atoms with van der Waals surface area (Å²) in [4.78, 5) is 33.0. The number of rotatable bonds is 5. The molecule has 0 saturated carbocycles. The summed E-state index contributed by atoms with van der Waals surface area (Å²) in [6.07, 6.45) is 3.33. The average Bonchev–Trinajstić information content (AvgIpc) is 2.69. The molecule has 6 nitrogen and oxygen atoms in total. The highest BCUT2D eigenvalue weighted by Gasteiger charge is 2.13. The number of aromatic nitrogens is 2. The van der Waals surface area contributed by atoms with Gasteiger partial charge in [-0.05, 0) is 60.9 Å². The van der Waals surface area contributed by atoms with Gasteiger partial charge in [0.25, 0.3) is 11.8 Å². The predicted molar refractivity (Wildman–Crippen MR) is 104 cm³/mol. The van der Waals surface area contributed by atoms with Crippen LogP contribution in [0.3, 0.4) is 0 Å². The minimum atomic E-state index is -0.354. The fourth-order valence-electron chi connectivity index (χ4n) is 2.52. The lowest BCUT2D eigenvalue weighted by Gasteiger charge is -2.10. The maximum atomic E-state index is 12.5. The van der Waals surface area contributed by atoms with Crippen LogP contribution in [0.15, 0.2) is 60.9 Å². The molecule has 2 N–H and O–H groups in total. The summed E-state index contributed by atoms with van der Waals surface area (Å²) < 4.78 is 0. The van der Waals surface area contributed by atoms with Crippen molar-refractivity contribution in [3.63, 3.8) is 0 Å². The van der Waals surface area contributed by atoms with Gasteiger partial charge in [0.05, 0.1) is 0 Å². The molecule has 0 atom stereocenters. The average molecular weight is 360 g/mol. The van der Waals surface area contributed by atoms with Gasteiger partial charge < -0.3 is 10.6 Å². The van der Waals surface area contributed by atoms with E-state index in [1.165, 1.54) is 0 Å². The van der Waals surface area contributed by atoms with Crippen LogP contribution in [0.2, 0.25) is 0 Å². The van der Waals surface area contributed by atoms with Gasteiger partial charge in [0.15, 0.2) is 0 Å². The first kappa shape index (κ1) is 18.3. The molecule has 1 aromatic carbocycles. The van der Waals surface area contributed by atoms with Gasteiger partial charge >= 0.3 is 0 Å². The number of anilines is 1. The van der Waals surface area contributed by atoms with E-state index in [0.717, 1.165) is 22.4 Å². The minimum Gasteiger partial charge on any atom is -0.347 e. The van der Waals surface area contributed by atoms with E-state index >= 15 is 0 Å². The number of nitrogens with zero attached hydrogens (tertiary/aromatic N) is 2. The Morgan fingerprint density at radius 1 is 0.926 bits per heavy atom. The van der Waals surface area contributed by atoms with Crippen LogP contribution < -0.4 is 10.6 Å². The molecule has 2 amide bonds. The van der Waals surface area contributed by atoms with E-state index in [9.17, 15) is 9.59 Å². The molecule has 0 radical (unpaired) electrons. The fourth-order valence-corrected chi connectivity index (χ4v) is 2.52. The Morgan fingerprint density at radius 2 is 1.63 bits per heavy atom. The molecule has 0 fully saturated rings. The molecule has 0 unspecified atom stereocenters. The van der Waals surface area contributed by atoms with Gasteiger partial charge in [-0.3, -0.25) is 14.6 Å². The van der Waals surface area contributed by atoms with Gasteiger partial charge in [-0.2, -0.15) is 0 Å². The molecular formula is C21H20N4O2. The molecule has 0 aliphatic rings. The Balaban J connectivity index is 1.69. The van der Waals surface area contributed by atoms with Gasteiger partial charge in [-0.15, -0.1) is 0 Å². The molecule has 2 aromatic heterocycles. The Hall–Kier alpha value is -3.54. The summed E-state index contributed by atoms with van der Waals surface area (Å²) in [5.41, 5.74) is 4.05. The van der Waals surface area contributed by atoms with Crippen LogP contribution >= 0.6 is 0 Å². The highest BCUT2D eigenvalue weighted by molar-refractivity contribution is 6.04. The van der Waals surface area contributed by atoms with E-state index in [1.54, 1.807) is 30.6 Å². The highest BCUT2D eigenvalue weighted by Crippen LogP contribution is 2.17. The molecule has 0 aliphatic carbocycles. The SMILES string of the molecule is Cc1ccc(C)c(NC(=O)c2cccc(C(=O)NCc3ccncc3)n2)c1. The maximum absolute atomic E-state index is 12.5. The summed E-state index contributed by atoms with van der Waals surface area (Å²) in [7, 11) is 0. The fraction of sp³-hybridized carbons (Fsp3) is 0.143. The van der Waals surface area contributed by atoms with Gasteiger partial charge in [0.2, 0.25) is 0 Å². The maximum Gasteiger partial charge on any atom is 0.274 e. The summed E-state index contributed by atoms with van der Waals surface area (Å²) in [6, 6.07) is 14.3. The van der Waals surface area contributed by atoms with Crippen molar-refractivity contribution < 1.29 is 9.59 Å². The second kappa shape index (κ2) is 8.23. The molecule has 0 spiro atoms. The summed E-state index contributed by atoms with van der Waals surface area (Å²) >= 11 is 0. The lowest BCUT2D eigenvalue weighted by atomic mass is 10.1. The lowest BCUT2D eigenvalue weighted by Crippen LogP contribution is -2.25. The number of hydrogen-bond donors (Lipinski definition) is 2. The summed E-state index contributed by atoms with van der Waals surface area (Å²) in [6.45, 7) is 4.24. The number of pyridine rings is 2. The molecule has 0 aliphatic heterocycles. The third-order valence-corrected chi connectivity index (χ3v) is 4.06. The Bertz CT molecular complexity index is 971. The Morgan fingerprint density at radius 3 is 2.37 bits per heavy atom. The second-order valence-electron chi connectivity index (χ2n) is 6.22. The van der Waals surface area contributed by atoms with Crippen molar-refractivity contribution in [3.8, 4) is 0 Å². The molecule has 0 bridgehead atoms. The van der Waals surface area contributed by atoms with E-state index in [-0.39, 0.29) is 23.2 Å². The summed E-state index contributed by atoms with van der Waals surface area (Å²) in [5, 5.41) is 5.64. The number of aryl methyl sites for hydroxylation is 2. The Kier molecular flexibility index (Phi) is 5.56. The first-order chi connectivity index (χ1) is 13.0. The number of hydrogen-bond acceptors (Lipinski definition) is 4. The van der Waals surface area contributed by atoms with Crippen LogP contribution in [0, 0.1) is 13.8 Å².